The highest BCUT2D eigenvalue weighted by molar-refractivity contribution is 6.30. The van der Waals surface area contributed by atoms with E-state index in [-0.39, 0.29) is 56.0 Å². The molecule has 0 aliphatic carbocycles. The molecule has 4 rings (SSSR count). The topological polar surface area (TPSA) is 113 Å². The summed E-state index contributed by atoms with van der Waals surface area (Å²) in [7, 11) is 1.55. The molecule has 170 valence electrons. The number of hydrogen-bond acceptors (Lipinski definition) is 7. The summed E-state index contributed by atoms with van der Waals surface area (Å²) in [4.78, 5) is 34.7. The summed E-state index contributed by atoms with van der Waals surface area (Å²) in [6, 6.07) is 7.38. The van der Waals surface area contributed by atoms with Gasteiger partial charge in [0.05, 0.1) is 13.1 Å². The lowest BCUT2D eigenvalue weighted by Crippen LogP contribution is -2.39. The highest BCUT2D eigenvalue weighted by Gasteiger charge is 2.23. The van der Waals surface area contributed by atoms with Crippen LogP contribution in [0.4, 0.5) is 0 Å². The average Bonchev–Trinajstić information content (AvgIpc) is 3.36. The van der Waals surface area contributed by atoms with Crippen molar-refractivity contribution in [3.63, 3.8) is 0 Å². The first-order chi connectivity index (χ1) is 15.4. The fourth-order valence-electron chi connectivity index (χ4n) is 3.55. The average molecular weight is 462 g/mol. The second-order valence-corrected chi connectivity index (χ2v) is 8.04. The van der Waals surface area contributed by atoms with Gasteiger partial charge >= 0.3 is 5.69 Å². The molecule has 1 unspecified atom stereocenters. The summed E-state index contributed by atoms with van der Waals surface area (Å²) in [5.41, 5.74) is 0.327. The molecule has 11 heteroatoms. The van der Waals surface area contributed by atoms with Crippen molar-refractivity contribution in [3.05, 3.63) is 55.7 Å². The molecule has 32 heavy (non-hydrogen) atoms. The minimum Gasteiger partial charge on any atom is -0.474 e. The van der Waals surface area contributed by atoms with Gasteiger partial charge in [-0.25, -0.2) is 9.79 Å². The summed E-state index contributed by atoms with van der Waals surface area (Å²) >= 11 is 6.00. The second kappa shape index (κ2) is 9.17. The van der Waals surface area contributed by atoms with Gasteiger partial charge < -0.3 is 14.6 Å². The number of fused-ring (bicyclic) bond motifs is 1. The van der Waals surface area contributed by atoms with Gasteiger partial charge in [0.1, 0.15) is 6.10 Å². The first kappa shape index (κ1) is 22.1. The van der Waals surface area contributed by atoms with Crippen LogP contribution in [0.25, 0.3) is 11.2 Å². The molecular formula is C21H24ClN5O5. The number of nitrogens with zero attached hydrogens (tertiary/aromatic N) is 5. The Balaban J connectivity index is 1.82. The molecule has 1 aliphatic rings. The third-order valence-corrected chi connectivity index (χ3v) is 5.43. The maximum Gasteiger partial charge on any atom is 0.332 e. The zero-order valence-corrected chi connectivity index (χ0v) is 18.6. The maximum absolute atomic E-state index is 13.3. The number of aryl methyl sites for hydroxylation is 1. The Morgan fingerprint density at radius 2 is 2.00 bits per heavy atom. The number of aliphatic hydroxyl groups excluding tert-OH is 1. The third kappa shape index (κ3) is 4.28. The number of rotatable bonds is 8. The van der Waals surface area contributed by atoms with Gasteiger partial charge in [0, 0.05) is 25.2 Å². The highest BCUT2D eigenvalue weighted by Crippen LogP contribution is 2.21. The van der Waals surface area contributed by atoms with Crippen LogP contribution >= 0.6 is 11.6 Å². The summed E-state index contributed by atoms with van der Waals surface area (Å²) in [5, 5.41) is 9.76. The Hall–Kier alpha value is -3.11. The van der Waals surface area contributed by atoms with E-state index < -0.39 is 11.2 Å². The second-order valence-electron chi connectivity index (χ2n) is 7.61. The first-order valence-corrected chi connectivity index (χ1v) is 10.6. The first-order valence-electron chi connectivity index (χ1n) is 10.3. The monoisotopic (exact) mass is 461 g/mol. The fraction of sp³-hybridized carbons (Fsp3) is 0.429. The van der Waals surface area contributed by atoms with Crippen molar-refractivity contribution in [1.29, 1.82) is 0 Å². The predicted molar refractivity (Wildman–Crippen MR) is 120 cm³/mol. The standard InChI is InChI=1S/C21H24ClN5O5/c1-13-10-23-16(32-13)12-31-20-24-18-17(27(20)11-14-4-6-15(22)7-5-14)19(29)26(8-3-9-28)21(30)25(18)2/h4-7,13,28H,3,8-12H2,1-2H3. The third-order valence-electron chi connectivity index (χ3n) is 5.18. The number of imidazole rings is 1. The Morgan fingerprint density at radius 3 is 2.66 bits per heavy atom. The molecule has 3 aromatic rings. The molecule has 0 spiro atoms. The lowest BCUT2D eigenvalue weighted by Gasteiger charge is -2.12. The van der Waals surface area contributed by atoms with Crippen molar-refractivity contribution in [2.24, 2.45) is 12.0 Å². The molecule has 0 radical (unpaired) electrons. The molecule has 0 fully saturated rings. The molecule has 0 amide bonds. The summed E-state index contributed by atoms with van der Waals surface area (Å²) in [6.45, 7) is 2.78. The zero-order valence-electron chi connectivity index (χ0n) is 17.8. The van der Waals surface area contributed by atoms with Crippen molar-refractivity contribution in [2.45, 2.75) is 32.5 Å². The minimum atomic E-state index is -0.504. The van der Waals surface area contributed by atoms with Gasteiger partial charge in [-0.2, -0.15) is 4.98 Å². The Morgan fingerprint density at radius 1 is 1.25 bits per heavy atom. The summed E-state index contributed by atoms with van der Waals surface area (Å²) in [6.07, 6.45) is 0.269. The van der Waals surface area contributed by atoms with Gasteiger partial charge in [-0.05, 0) is 31.0 Å². The smallest absolute Gasteiger partial charge is 0.332 e. The Kier molecular flexibility index (Phi) is 6.33. The van der Waals surface area contributed by atoms with Crippen LogP contribution in [0, 0.1) is 0 Å². The zero-order chi connectivity index (χ0) is 22.8. The van der Waals surface area contributed by atoms with Gasteiger partial charge in [0.15, 0.2) is 17.8 Å². The Labute approximate surface area is 188 Å². The normalized spacial score (nSPS) is 15.8. The van der Waals surface area contributed by atoms with Crippen LogP contribution in [-0.2, 0) is 24.9 Å². The number of ether oxygens (including phenoxy) is 2. The largest absolute Gasteiger partial charge is 0.474 e. The lowest BCUT2D eigenvalue weighted by atomic mass is 10.2. The minimum absolute atomic E-state index is 0.0129. The van der Waals surface area contributed by atoms with E-state index in [4.69, 9.17) is 26.2 Å². The molecule has 1 atom stereocenters. The molecule has 1 aromatic carbocycles. The van der Waals surface area contributed by atoms with E-state index >= 15 is 0 Å². The number of halogens is 1. The van der Waals surface area contributed by atoms with Gasteiger partial charge in [0.2, 0.25) is 5.90 Å². The van der Waals surface area contributed by atoms with E-state index in [0.717, 1.165) is 10.1 Å². The SMILES string of the molecule is CC1CN=C(COc2nc3c(c(=O)n(CCCO)c(=O)n3C)n2Cc2ccc(Cl)cc2)O1. The maximum atomic E-state index is 13.3. The van der Waals surface area contributed by atoms with Crippen LogP contribution in [0.1, 0.15) is 18.9 Å². The molecular weight excluding hydrogens is 438 g/mol. The van der Waals surface area contributed by atoms with Crippen molar-refractivity contribution < 1.29 is 14.6 Å². The van der Waals surface area contributed by atoms with Crippen LogP contribution < -0.4 is 16.0 Å². The van der Waals surface area contributed by atoms with Crippen LogP contribution in [-0.4, -0.2) is 55.6 Å². The molecule has 0 saturated carbocycles. The highest BCUT2D eigenvalue weighted by atomic mass is 35.5. The Bertz CT molecular complexity index is 1270. The summed E-state index contributed by atoms with van der Waals surface area (Å²) in [5.74, 6) is 0.455. The predicted octanol–water partition coefficient (Wildman–Crippen LogP) is 1.18. The van der Waals surface area contributed by atoms with Gasteiger partial charge in [-0.15, -0.1) is 0 Å². The molecule has 2 aromatic heterocycles. The quantitative estimate of drug-likeness (QED) is 0.539. The van der Waals surface area contributed by atoms with Crippen molar-refractivity contribution in [3.8, 4) is 6.01 Å². The van der Waals surface area contributed by atoms with Gasteiger partial charge in [-0.1, -0.05) is 23.7 Å². The molecule has 0 saturated heterocycles. The molecule has 10 nitrogen and oxygen atoms in total. The molecule has 3 heterocycles. The van der Waals surface area contributed by atoms with E-state index in [1.165, 1.54) is 4.57 Å². The van der Waals surface area contributed by atoms with Gasteiger partial charge in [-0.3, -0.25) is 18.5 Å². The number of aromatic nitrogens is 4. The summed E-state index contributed by atoms with van der Waals surface area (Å²) < 4.78 is 15.5. The fourth-order valence-corrected chi connectivity index (χ4v) is 3.68. The lowest BCUT2D eigenvalue weighted by molar-refractivity contribution is 0.217. The van der Waals surface area contributed by atoms with E-state index in [9.17, 15) is 9.59 Å². The van der Waals surface area contributed by atoms with Gasteiger partial charge in [0.25, 0.3) is 11.6 Å². The van der Waals surface area contributed by atoms with E-state index in [1.54, 1.807) is 23.7 Å². The van der Waals surface area contributed by atoms with Crippen molar-refractivity contribution >= 4 is 28.7 Å². The van der Waals surface area contributed by atoms with Crippen molar-refractivity contribution in [2.75, 3.05) is 19.8 Å². The van der Waals surface area contributed by atoms with Crippen LogP contribution in [0.5, 0.6) is 6.01 Å². The van der Waals surface area contributed by atoms with E-state index in [1.807, 2.05) is 19.1 Å². The number of benzene rings is 1. The van der Waals surface area contributed by atoms with Crippen molar-refractivity contribution in [1.82, 2.24) is 18.7 Å². The van der Waals surface area contributed by atoms with E-state index in [2.05, 4.69) is 9.98 Å². The van der Waals surface area contributed by atoms with E-state index in [0.29, 0.717) is 17.5 Å². The van der Waals surface area contributed by atoms with Crippen LogP contribution in [0.15, 0.2) is 38.8 Å². The molecule has 0 bridgehead atoms. The number of aliphatic imine (C=N–C) groups is 1. The van der Waals surface area contributed by atoms with Crippen LogP contribution in [0.2, 0.25) is 5.02 Å². The molecule has 1 aliphatic heterocycles. The van der Waals surface area contributed by atoms with Crippen LogP contribution in [0.3, 0.4) is 0 Å². The number of hydrogen-bond donors (Lipinski definition) is 1. The number of aliphatic hydroxyl groups is 1. The molecule has 1 N–H and O–H groups in total.